The first kappa shape index (κ1) is 17.0. The molecular weight excluding hydrogens is 250 g/mol. The summed E-state index contributed by atoms with van der Waals surface area (Å²) in [4.78, 5) is 4.65. The van der Waals surface area contributed by atoms with Gasteiger partial charge in [-0.15, -0.1) is 0 Å². The Hall–Kier alpha value is -1.10. The average molecular weight is 279 g/mol. The van der Waals surface area contributed by atoms with Crippen molar-refractivity contribution in [3.63, 3.8) is 0 Å². The highest BCUT2D eigenvalue weighted by Crippen LogP contribution is 2.12. The minimum absolute atomic E-state index is 0.558. The van der Waals surface area contributed by atoms with Gasteiger partial charge in [-0.05, 0) is 57.8 Å². The molecule has 1 rings (SSSR count). The van der Waals surface area contributed by atoms with Gasteiger partial charge in [-0.1, -0.05) is 19.1 Å². The molecule has 0 bridgehead atoms. The molecule has 20 heavy (non-hydrogen) atoms. The Bertz CT molecular complexity index is 368. The lowest BCUT2D eigenvalue weighted by molar-refractivity contribution is 0.208. The first-order valence-corrected chi connectivity index (χ1v) is 7.44. The zero-order valence-corrected chi connectivity index (χ0v) is 13.1. The van der Waals surface area contributed by atoms with E-state index in [1.807, 2.05) is 24.3 Å². The van der Waals surface area contributed by atoms with Crippen LogP contribution < -0.4 is 10.5 Å². The number of rotatable bonds is 10. The zero-order chi connectivity index (χ0) is 14.8. The van der Waals surface area contributed by atoms with E-state index < -0.39 is 0 Å². The van der Waals surface area contributed by atoms with E-state index in [0.717, 1.165) is 44.1 Å². The summed E-state index contributed by atoms with van der Waals surface area (Å²) in [5.74, 6) is 0.914. The van der Waals surface area contributed by atoms with Crippen LogP contribution in [-0.2, 0) is 6.54 Å². The van der Waals surface area contributed by atoms with Gasteiger partial charge in [0, 0.05) is 13.1 Å². The van der Waals surface area contributed by atoms with Crippen molar-refractivity contribution in [2.24, 2.45) is 5.73 Å². The largest absolute Gasteiger partial charge is 0.492 e. The molecule has 0 heterocycles. The molecule has 0 unspecified atom stereocenters. The summed E-state index contributed by atoms with van der Waals surface area (Å²) >= 11 is 0. The minimum atomic E-state index is 0.558. The SMILES string of the molecule is CCN(CCCN(C)C)CCOc1cccc(CN)c1. The van der Waals surface area contributed by atoms with Crippen molar-refractivity contribution in [2.45, 2.75) is 19.9 Å². The third kappa shape index (κ3) is 6.89. The predicted octanol–water partition coefficient (Wildman–Crippen LogP) is 1.80. The highest BCUT2D eigenvalue weighted by atomic mass is 16.5. The number of ether oxygens (including phenoxy) is 1. The fraction of sp³-hybridized carbons (Fsp3) is 0.625. The summed E-state index contributed by atoms with van der Waals surface area (Å²) in [5.41, 5.74) is 6.74. The molecule has 0 saturated heterocycles. The van der Waals surface area contributed by atoms with E-state index in [1.54, 1.807) is 0 Å². The van der Waals surface area contributed by atoms with Gasteiger partial charge in [0.25, 0.3) is 0 Å². The average Bonchev–Trinajstić information content (AvgIpc) is 2.45. The van der Waals surface area contributed by atoms with Crippen molar-refractivity contribution in [3.05, 3.63) is 29.8 Å². The number of nitrogens with two attached hydrogens (primary N) is 1. The number of nitrogens with zero attached hydrogens (tertiary/aromatic N) is 2. The van der Waals surface area contributed by atoms with Crippen molar-refractivity contribution in [3.8, 4) is 5.75 Å². The molecule has 0 fully saturated rings. The molecule has 0 aliphatic rings. The van der Waals surface area contributed by atoms with Gasteiger partial charge in [-0.3, -0.25) is 0 Å². The standard InChI is InChI=1S/C16H29N3O/c1-4-19(10-6-9-18(2)3)11-12-20-16-8-5-7-15(13-16)14-17/h5,7-8,13H,4,6,9-12,14,17H2,1-3H3. The van der Waals surface area contributed by atoms with Gasteiger partial charge in [0.1, 0.15) is 12.4 Å². The Labute approximate surface area is 123 Å². The van der Waals surface area contributed by atoms with Gasteiger partial charge >= 0.3 is 0 Å². The number of hydrogen-bond donors (Lipinski definition) is 1. The predicted molar refractivity (Wildman–Crippen MR) is 85.1 cm³/mol. The first-order chi connectivity index (χ1) is 9.65. The Balaban J connectivity index is 2.26. The topological polar surface area (TPSA) is 41.7 Å². The van der Waals surface area contributed by atoms with Crippen molar-refractivity contribution in [1.82, 2.24) is 9.80 Å². The van der Waals surface area contributed by atoms with Crippen LogP contribution in [0.2, 0.25) is 0 Å². The van der Waals surface area contributed by atoms with E-state index in [4.69, 9.17) is 10.5 Å². The second-order valence-corrected chi connectivity index (χ2v) is 5.29. The van der Waals surface area contributed by atoms with Gasteiger partial charge in [0.05, 0.1) is 0 Å². The fourth-order valence-corrected chi connectivity index (χ4v) is 2.09. The first-order valence-electron chi connectivity index (χ1n) is 7.44. The molecule has 0 aromatic heterocycles. The van der Waals surface area contributed by atoms with Crippen LogP contribution >= 0.6 is 0 Å². The van der Waals surface area contributed by atoms with Crippen LogP contribution in [0.1, 0.15) is 18.9 Å². The van der Waals surface area contributed by atoms with Crippen molar-refractivity contribution >= 4 is 0 Å². The molecule has 1 aromatic rings. The van der Waals surface area contributed by atoms with Gasteiger partial charge in [-0.25, -0.2) is 0 Å². The smallest absolute Gasteiger partial charge is 0.119 e. The third-order valence-electron chi connectivity index (χ3n) is 3.34. The zero-order valence-electron chi connectivity index (χ0n) is 13.1. The van der Waals surface area contributed by atoms with Crippen LogP contribution in [0.25, 0.3) is 0 Å². The normalized spacial score (nSPS) is 11.3. The molecule has 1 aromatic carbocycles. The van der Waals surface area contributed by atoms with Crippen LogP contribution in [0.5, 0.6) is 5.75 Å². The monoisotopic (exact) mass is 279 g/mol. The molecule has 0 atom stereocenters. The molecular formula is C16H29N3O. The maximum Gasteiger partial charge on any atom is 0.119 e. The molecule has 4 heteroatoms. The van der Waals surface area contributed by atoms with Gasteiger partial charge in [0.15, 0.2) is 0 Å². The van der Waals surface area contributed by atoms with E-state index in [9.17, 15) is 0 Å². The Morgan fingerprint density at radius 3 is 2.60 bits per heavy atom. The summed E-state index contributed by atoms with van der Waals surface area (Å²) in [6.07, 6.45) is 1.20. The number of likely N-dealkylation sites (N-methyl/N-ethyl adjacent to an activating group) is 1. The summed E-state index contributed by atoms with van der Waals surface area (Å²) in [6.45, 7) is 7.78. The highest BCUT2D eigenvalue weighted by Gasteiger charge is 2.03. The molecule has 0 spiro atoms. The van der Waals surface area contributed by atoms with E-state index in [0.29, 0.717) is 6.54 Å². The summed E-state index contributed by atoms with van der Waals surface area (Å²) < 4.78 is 5.80. The van der Waals surface area contributed by atoms with Crippen LogP contribution in [0.15, 0.2) is 24.3 Å². The van der Waals surface area contributed by atoms with Crippen LogP contribution in [0.4, 0.5) is 0 Å². The molecule has 0 amide bonds. The maximum absolute atomic E-state index is 5.80. The molecule has 0 aliphatic carbocycles. The number of benzene rings is 1. The van der Waals surface area contributed by atoms with Crippen LogP contribution in [0, 0.1) is 0 Å². The van der Waals surface area contributed by atoms with Crippen molar-refractivity contribution < 1.29 is 4.74 Å². The molecule has 0 radical (unpaired) electrons. The molecule has 4 nitrogen and oxygen atoms in total. The van der Waals surface area contributed by atoms with E-state index >= 15 is 0 Å². The minimum Gasteiger partial charge on any atom is -0.492 e. The second-order valence-electron chi connectivity index (χ2n) is 5.29. The van der Waals surface area contributed by atoms with Crippen molar-refractivity contribution in [1.29, 1.82) is 0 Å². The fourth-order valence-electron chi connectivity index (χ4n) is 2.09. The Morgan fingerprint density at radius 2 is 1.95 bits per heavy atom. The lowest BCUT2D eigenvalue weighted by Crippen LogP contribution is -2.31. The summed E-state index contributed by atoms with van der Waals surface area (Å²) in [7, 11) is 4.23. The summed E-state index contributed by atoms with van der Waals surface area (Å²) in [6, 6.07) is 8.02. The molecule has 0 aliphatic heterocycles. The highest BCUT2D eigenvalue weighted by molar-refractivity contribution is 5.28. The molecule has 114 valence electrons. The lowest BCUT2D eigenvalue weighted by atomic mass is 10.2. The van der Waals surface area contributed by atoms with Gasteiger partial charge in [0.2, 0.25) is 0 Å². The number of hydrogen-bond acceptors (Lipinski definition) is 4. The second kappa shape index (κ2) is 9.75. The van der Waals surface area contributed by atoms with E-state index in [2.05, 4.69) is 30.8 Å². The molecule has 0 saturated carbocycles. The van der Waals surface area contributed by atoms with E-state index in [1.165, 1.54) is 6.42 Å². The van der Waals surface area contributed by atoms with Crippen molar-refractivity contribution in [2.75, 3.05) is 46.9 Å². The van der Waals surface area contributed by atoms with E-state index in [-0.39, 0.29) is 0 Å². The summed E-state index contributed by atoms with van der Waals surface area (Å²) in [5, 5.41) is 0. The van der Waals surface area contributed by atoms with Gasteiger partial charge < -0.3 is 20.3 Å². The molecule has 2 N–H and O–H groups in total. The Kier molecular flexibility index (Phi) is 8.26. The maximum atomic E-state index is 5.80. The lowest BCUT2D eigenvalue weighted by Gasteiger charge is -2.21. The quantitative estimate of drug-likeness (QED) is 0.709. The van der Waals surface area contributed by atoms with Crippen LogP contribution in [-0.4, -0.2) is 56.7 Å². The Morgan fingerprint density at radius 1 is 1.15 bits per heavy atom. The third-order valence-corrected chi connectivity index (χ3v) is 3.34. The van der Waals surface area contributed by atoms with Crippen LogP contribution in [0.3, 0.4) is 0 Å². The van der Waals surface area contributed by atoms with Gasteiger partial charge in [-0.2, -0.15) is 0 Å².